The van der Waals surface area contributed by atoms with Crippen molar-refractivity contribution < 1.29 is 9.22 Å². The van der Waals surface area contributed by atoms with Gasteiger partial charge in [0.2, 0.25) is 5.91 Å². The zero-order valence-electron chi connectivity index (χ0n) is 19.1. The number of rotatable bonds is 5. The first-order chi connectivity index (χ1) is 14.0. The quantitative estimate of drug-likeness (QED) is 0.388. The zero-order chi connectivity index (χ0) is 22.1. The number of amides is 1. The predicted molar refractivity (Wildman–Crippen MR) is 132 cm³/mol. The third-order valence-corrected chi connectivity index (χ3v) is 12.8. The number of piperidine rings is 1. The second-order valence-corrected chi connectivity index (χ2v) is 16.7. The van der Waals surface area contributed by atoms with E-state index in [-0.39, 0.29) is 11.0 Å². The average Bonchev–Trinajstić information content (AvgIpc) is 2.65. The third-order valence-electron chi connectivity index (χ3n) is 7.42. The van der Waals surface area contributed by atoms with Crippen molar-refractivity contribution in [2.75, 3.05) is 6.54 Å². The Balaban J connectivity index is 1.57. The van der Waals surface area contributed by atoms with Crippen LogP contribution in [0.25, 0.3) is 0 Å². The number of carbonyl (C=O) groups is 1. The molecular weight excluding hydrogens is 478 g/mol. The topological polar surface area (TPSA) is 29.5 Å². The number of nitrogens with zero attached hydrogens (tertiary/aromatic N) is 1. The maximum absolute atomic E-state index is 13.3. The largest absolute Gasteiger partial charge is 0.414 e. The Morgan fingerprint density at radius 2 is 1.83 bits per heavy atom. The number of hydrogen-bond acceptors (Lipinski definition) is 2. The molecule has 30 heavy (non-hydrogen) atoms. The average molecular weight is 515 g/mol. The van der Waals surface area contributed by atoms with Crippen molar-refractivity contribution in [3.63, 3.8) is 0 Å². The minimum absolute atomic E-state index is 0.0543. The van der Waals surface area contributed by atoms with Crippen LogP contribution in [0, 0.1) is 5.92 Å². The molecule has 6 heteroatoms. The second kappa shape index (κ2) is 9.64. The van der Waals surface area contributed by atoms with Gasteiger partial charge in [0.05, 0.1) is 0 Å². The van der Waals surface area contributed by atoms with Crippen molar-refractivity contribution in [2.24, 2.45) is 5.92 Å². The molecule has 3 rings (SSSR count). The Labute approximate surface area is 197 Å². The number of likely N-dealkylation sites (tertiary alicyclic amines) is 1. The first kappa shape index (κ1) is 24.3. The Bertz CT molecular complexity index is 756. The van der Waals surface area contributed by atoms with Gasteiger partial charge in [-0.2, -0.15) is 0 Å². The molecule has 1 aliphatic heterocycles. The standard InChI is InChI=1S/C24H37BrClNO2Si/c1-24(2,3)30(4,5)29-21-12-10-20(11-13-21)27-14-6-7-18(23(27)28)15-17-8-9-19(25)16-22(17)26/h8-9,16,18,20-21H,6-7,10-15H2,1-5H3/t18?,20-,21-. The summed E-state index contributed by atoms with van der Waals surface area (Å²) in [5.41, 5.74) is 1.08. The molecule has 1 atom stereocenters. The molecule has 1 unspecified atom stereocenters. The summed E-state index contributed by atoms with van der Waals surface area (Å²) in [6.45, 7) is 12.5. The molecule has 0 N–H and O–H groups in total. The van der Waals surface area contributed by atoms with Crippen LogP contribution in [0.2, 0.25) is 23.2 Å². The van der Waals surface area contributed by atoms with E-state index < -0.39 is 8.32 Å². The lowest BCUT2D eigenvalue weighted by Gasteiger charge is -2.44. The maximum Gasteiger partial charge on any atom is 0.226 e. The first-order valence-electron chi connectivity index (χ1n) is 11.4. The van der Waals surface area contributed by atoms with Gasteiger partial charge in [-0.3, -0.25) is 4.79 Å². The fourth-order valence-corrected chi connectivity index (χ4v) is 6.72. The number of benzene rings is 1. The minimum atomic E-state index is -1.73. The van der Waals surface area contributed by atoms with Crippen LogP contribution >= 0.6 is 27.5 Å². The van der Waals surface area contributed by atoms with E-state index in [1.165, 1.54) is 0 Å². The summed E-state index contributed by atoms with van der Waals surface area (Å²) in [6, 6.07) is 6.35. The molecule has 168 valence electrons. The third kappa shape index (κ3) is 5.70. The van der Waals surface area contributed by atoms with Gasteiger partial charge in [0.25, 0.3) is 0 Å². The van der Waals surface area contributed by atoms with Gasteiger partial charge in [-0.05, 0) is 80.8 Å². The molecule has 1 aliphatic carbocycles. The highest BCUT2D eigenvalue weighted by Gasteiger charge is 2.41. The van der Waals surface area contributed by atoms with Crippen LogP contribution < -0.4 is 0 Å². The highest BCUT2D eigenvalue weighted by atomic mass is 79.9. The van der Waals surface area contributed by atoms with Crippen molar-refractivity contribution >= 4 is 41.8 Å². The van der Waals surface area contributed by atoms with Gasteiger partial charge in [0, 0.05) is 34.1 Å². The molecule has 2 fully saturated rings. The van der Waals surface area contributed by atoms with E-state index in [4.69, 9.17) is 16.0 Å². The molecule has 0 radical (unpaired) electrons. The Kier molecular flexibility index (Phi) is 7.80. The smallest absolute Gasteiger partial charge is 0.226 e. The molecule has 0 spiro atoms. The Hall–Kier alpha value is -0.363. The van der Waals surface area contributed by atoms with Crippen LogP contribution in [0.5, 0.6) is 0 Å². The van der Waals surface area contributed by atoms with Gasteiger partial charge in [-0.1, -0.05) is 54.4 Å². The summed E-state index contributed by atoms with van der Waals surface area (Å²) in [4.78, 5) is 15.5. The SMILES string of the molecule is CC(C)(C)[Si](C)(C)O[C@H]1CC[C@H](N2CCCC(Cc3ccc(Br)cc3Cl)C2=O)CC1. The molecule has 1 saturated carbocycles. The lowest BCUT2D eigenvalue weighted by Crippen LogP contribution is -2.50. The monoisotopic (exact) mass is 513 g/mol. The molecule has 1 amide bonds. The van der Waals surface area contributed by atoms with E-state index in [0.717, 1.165) is 66.5 Å². The van der Waals surface area contributed by atoms with E-state index >= 15 is 0 Å². The summed E-state index contributed by atoms with van der Waals surface area (Å²) in [6.07, 6.45) is 7.43. The molecule has 1 saturated heterocycles. The second-order valence-electron chi connectivity index (χ2n) is 10.6. The Morgan fingerprint density at radius 1 is 1.17 bits per heavy atom. The summed E-state index contributed by atoms with van der Waals surface area (Å²) < 4.78 is 7.62. The van der Waals surface area contributed by atoms with E-state index in [1.54, 1.807) is 0 Å². The van der Waals surface area contributed by atoms with Crippen LogP contribution in [0.1, 0.15) is 64.9 Å². The van der Waals surface area contributed by atoms with Crippen LogP contribution in [-0.2, 0) is 15.6 Å². The van der Waals surface area contributed by atoms with Crippen molar-refractivity contribution in [3.8, 4) is 0 Å². The van der Waals surface area contributed by atoms with Gasteiger partial charge in [-0.15, -0.1) is 0 Å². The van der Waals surface area contributed by atoms with Gasteiger partial charge >= 0.3 is 0 Å². The highest BCUT2D eigenvalue weighted by molar-refractivity contribution is 9.10. The minimum Gasteiger partial charge on any atom is -0.414 e. The molecule has 0 bridgehead atoms. The summed E-state index contributed by atoms with van der Waals surface area (Å²) in [5.74, 6) is 0.382. The summed E-state index contributed by atoms with van der Waals surface area (Å²) in [7, 11) is -1.73. The van der Waals surface area contributed by atoms with Crippen LogP contribution in [-0.4, -0.2) is 37.8 Å². The molecular formula is C24H37BrClNO2Si. The number of carbonyl (C=O) groups excluding carboxylic acids is 1. The molecule has 2 aliphatic rings. The normalized spacial score (nSPS) is 26.2. The van der Waals surface area contributed by atoms with Crippen LogP contribution in [0.3, 0.4) is 0 Å². The van der Waals surface area contributed by atoms with Crippen molar-refractivity contribution in [1.29, 1.82) is 0 Å². The van der Waals surface area contributed by atoms with Crippen molar-refractivity contribution in [2.45, 2.75) is 96.0 Å². The summed E-state index contributed by atoms with van der Waals surface area (Å²) >= 11 is 9.88. The zero-order valence-corrected chi connectivity index (χ0v) is 22.5. The van der Waals surface area contributed by atoms with E-state index in [0.29, 0.717) is 18.1 Å². The van der Waals surface area contributed by atoms with Crippen LogP contribution in [0.4, 0.5) is 0 Å². The Morgan fingerprint density at radius 3 is 2.43 bits per heavy atom. The molecule has 3 nitrogen and oxygen atoms in total. The van der Waals surface area contributed by atoms with Crippen molar-refractivity contribution in [3.05, 3.63) is 33.3 Å². The van der Waals surface area contributed by atoms with Gasteiger partial charge in [0.15, 0.2) is 8.32 Å². The first-order valence-corrected chi connectivity index (χ1v) is 15.5. The number of hydrogen-bond donors (Lipinski definition) is 0. The van der Waals surface area contributed by atoms with Gasteiger partial charge in [-0.25, -0.2) is 0 Å². The van der Waals surface area contributed by atoms with Gasteiger partial charge in [0.1, 0.15) is 0 Å². The lowest BCUT2D eigenvalue weighted by atomic mass is 9.86. The van der Waals surface area contributed by atoms with Crippen LogP contribution in [0.15, 0.2) is 22.7 Å². The number of halogens is 2. The molecule has 0 aromatic heterocycles. The lowest BCUT2D eigenvalue weighted by molar-refractivity contribution is -0.142. The molecule has 1 aromatic carbocycles. The predicted octanol–water partition coefficient (Wildman–Crippen LogP) is 7.22. The fraction of sp³-hybridized carbons (Fsp3) is 0.708. The van der Waals surface area contributed by atoms with E-state index in [9.17, 15) is 4.79 Å². The highest BCUT2D eigenvalue weighted by Crippen LogP contribution is 2.40. The van der Waals surface area contributed by atoms with Gasteiger partial charge < -0.3 is 9.33 Å². The molecule has 1 heterocycles. The van der Waals surface area contributed by atoms with E-state index in [2.05, 4.69) is 54.7 Å². The summed E-state index contributed by atoms with van der Waals surface area (Å²) in [5, 5.41) is 0.992. The van der Waals surface area contributed by atoms with Crippen molar-refractivity contribution in [1.82, 2.24) is 4.90 Å². The van der Waals surface area contributed by atoms with E-state index in [1.807, 2.05) is 18.2 Å². The molecule has 1 aromatic rings. The maximum atomic E-state index is 13.3. The fourth-order valence-electron chi connectivity index (χ4n) is 4.55.